The van der Waals surface area contributed by atoms with Crippen LogP contribution in [0.4, 0.5) is 0 Å². The highest BCUT2D eigenvalue weighted by Crippen LogP contribution is 2.33. The molecule has 154 valence electrons. The van der Waals surface area contributed by atoms with Gasteiger partial charge < -0.3 is 15.4 Å². The van der Waals surface area contributed by atoms with Crippen LogP contribution in [-0.4, -0.2) is 22.0 Å². The Morgan fingerprint density at radius 2 is 1.58 bits per heavy atom. The van der Waals surface area contributed by atoms with Gasteiger partial charge in [-0.05, 0) is 29.8 Å². The zero-order chi connectivity index (χ0) is 22.0. The van der Waals surface area contributed by atoms with Gasteiger partial charge in [-0.1, -0.05) is 60.1 Å². The van der Waals surface area contributed by atoms with Crippen molar-refractivity contribution in [3.8, 4) is 11.1 Å². The normalized spacial score (nSPS) is 10.7. The average Bonchev–Trinajstić information content (AvgIpc) is 2.79. The van der Waals surface area contributed by atoms with Crippen LogP contribution in [0.15, 0.2) is 77.6 Å². The van der Waals surface area contributed by atoms with E-state index >= 15 is 0 Å². The molecular weight excluding hydrogens is 416 g/mol. The van der Waals surface area contributed by atoms with E-state index in [1.807, 2.05) is 30.3 Å². The molecule has 1 aromatic heterocycles. The molecule has 31 heavy (non-hydrogen) atoms. The second kappa shape index (κ2) is 8.45. The fourth-order valence-electron chi connectivity index (χ4n) is 3.47. The molecule has 4 rings (SSSR count). The number of benzene rings is 3. The molecule has 3 aromatic carbocycles. The van der Waals surface area contributed by atoms with Crippen molar-refractivity contribution >= 4 is 34.4 Å². The average molecular weight is 433 g/mol. The fourth-order valence-corrected chi connectivity index (χ4v) is 3.74. The summed E-state index contributed by atoms with van der Waals surface area (Å²) in [4.78, 5) is 40.4. The van der Waals surface area contributed by atoms with Crippen molar-refractivity contribution in [3.05, 3.63) is 105 Å². The van der Waals surface area contributed by atoms with Crippen LogP contribution in [0.5, 0.6) is 0 Å². The number of hydrogen-bond acceptors (Lipinski definition) is 3. The molecular formula is C24H17ClN2O4. The van der Waals surface area contributed by atoms with Crippen molar-refractivity contribution in [1.29, 1.82) is 0 Å². The van der Waals surface area contributed by atoms with E-state index in [9.17, 15) is 19.5 Å². The second-order valence-corrected chi connectivity index (χ2v) is 7.28. The zero-order valence-electron chi connectivity index (χ0n) is 16.2. The van der Waals surface area contributed by atoms with E-state index in [1.165, 1.54) is 0 Å². The van der Waals surface area contributed by atoms with Crippen molar-refractivity contribution in [2.75, 3.05) is 0 Å². The number of halogens is 1. The molecule has 0 spiro atoms. The van der Waals surface area contributed by atoms with Crippen LogP contribution < -0.4 is 10.7 Å². The van der Waals surface area contributed by atoms with Gasteiger partial charge in [0.1, 0.15) is 5.69 Å². The Labute approximate surface area is 182 Å². The largest absolute Gasteiger partial charge is 0.477 e. The molecule has 1 amide bonds. The minimum absolute atomic E-state index is 0.0365. The molecule has 1 heterocycles. The number of carbonyl (C=O) groups excluding carboxylic acids is 1. The molecule has 0 fully saturated rings. The van der Waals surface area contributed by atoms with E-state index in [0.29, 0.717) is 21.7 Å². The van der Waals surface area contributed by atoms with Crippen molar-refractivity contribution in [2.24, 2.45) is 0 Å². The Morgan fingerprint density at radius 1 is 0.935 bits per heavy atom. The number of carboxylic acid groups (broad SMARTS) is 1. The molecule has 0 bridgehead atoms. The van der Waals surface area contributed by atoms with Crippen LogP contribution >= 0.6 is 11.6 Å². The molecule has 0 radical (unpaired) electrons. The Balaban J connectivity index is 1.84. The molecule has 0 saturated carbocycles. The quantitative estimate of drug-likeness (QED) is 0.433. The SMILES string of the molecule is O=C(NCc1c(C(=O)O)[nH]c2c(-c3ccccc3)c(Cl)ccc2c1=O)c1ccccc1. The van der Waals surface area contributed by atoms with Gasteiger partial charge in [0.25, 0.3) is 5.91 Å². The van der Waals surface area contributed by atoms with Crippen LogP contribution in [0.2, 0.25) is 5.02 Å². The van der Waals surface area contributed by atoms with Gasteiger partial charge >= 0.3 is 5.97 Å². The summed E-state index contributed by atoms with van der Waals surface area (Å²) in [6.45, 7) is -0.232. The van der Waals surface area contributed by atoms with Gasteiger partial charge in [-0.15, -0.1) is 0 Å². The number of fused-ring (bicyclic) bond motifs is 1. The summed E-state index contributed by atoms with van der Waals surface area (Å²) in [6.07, 6.45) is 0. The molecule has 0 saturated heterocycles. The number of rotatable bonds is 5. The first-order valence-electron chi connectivity index (χ1n) is 9.46. The summed E-state index contributed by atoms with van der Waals surface area (Å²) in [6, 6.07) is 20.8. The molecule has 0 aliphatic rings. The van der Waals surface area contributed by atoms with Crippen molar-refractivity contribution in [1.82, 2.24) is 10.3 Å². The van der Waals surface area contributed by atoms with E-state index in [2.05, 4.69) is 10.3 Å². The van der Waals surface area contributed by atoms with E-state index in [1.54, 1.807) is 42.5 Å². The minimum Gasteiger partial charge on any atom is -0.477 e. The predicted octanol–water partition coefficient (Wildman–Crippen LogP) is 4.48. The Hall–Kier alpha value is -3.90. The molecule has 0 aliphatic carbocycles. The summed E-state index contributed by atoms with van der Waals surface area (Å²) in [7, 11) is 0. The number of aromatic carboxylic acids is 1. The van der Waals surface area contributed by atoms with Gasteiger partial charge in [0.2, 0.25) is 0 Å². The summed E-state index contributed by atoms with van der Waals surface area (Å²) >= 11 is 6.41. The highest BCUT2D eigenvalue weighted by molar-refractivity contribution is 6.35. The van der Waals surface area contributed by atoms with Crippen molar-refractivity contribution in [2.45, 2.75) is 6.54 Å². The van der Waals surface area contributed by atoms with Gasteiger partial charge in [-0.3, -0.25) is 9.59 Å². The van der Waals surface area contributed by atoms with Crippen molar-refractivity contribution in [3.63, 3.8) is 0 Å². The number of aromatic nitrogens is 1. The molecule has 0 unspecified atom stereocenters. The maximum Gasteiger partial charge on any atom is 0.352 e. The maximum atomic E-state index is 13.2. The second-order valence-electron chi connectivity index (χ2n) is 6.87. The third-order valence-corrected chi connectivity index (χ3v) is 5.28. The lowest BCUT2D eigenvalue weighted by molar-refractivity contribution is 0.0688. The Bertz CT molecular complexity index is 1350. The van der Waals surface area contributed by atoms with Gasteiger partial charge in [0, 0.05) is 23.1 Å². The first kappa shape index (κ1) is 20.4. The third kappa shape index (κ3) is 3.93. The number of H-pyrrole nitrogens is 1. The lowest BCUT2D eigenvalue weighted by Crippen LogP contribution is -2.29. The molecule has 7 heteroatoms. The fraction of sp³-hybridized carbons (Fsp3) is 0.0417. The summed E-state index contributed by atoms with van der Waals surface area (Å²) in [5.41, 5.74) is 1.23. The highest BCUT2D eigenvalue weighted by atomic mass is 35.5. The highest BCUT2D eigenvalue weighted by Gasteiger charge is 2.21. The number of pyridine rings is 1. The number of carboxylic acids is 1. The molecule has 3 N–H and O–H groups in total. The summed E-state index contributed by atoms with van der Waals surface area (Å²) < 4.78 is 0. The number of aromatic amines is 1. The molecule has 4 aromatic rings. The van der Waals surface area contributed by atoms with E-state index in [-0.39, 0.29) is 23.2 Å². The van der Waals surface area contributed by atoms with Crippen LogP contribution in [-0.2, 0) is 6.54 Å². The van der Waals surface area contributed by atoms with E-state index < -0.39 is 17.3 Å². The summed E-state index contributed by atoms with van der Waals surface area (Å²) in [5, 5.41) is 13.0. The Morgan fingerprint density at radius 3 is 2.23 bits per heavy atom. The lowest BCUT2D eigenvalue weighted by atomic mass is 9.99. The van der Waals surface area contributed by atoms with Crippen LogP contribution in [0.3, 0.4) is 0 Å². The van der Waals surface area contributed by atoms with E-state index in [4.69, 9.17) is 11.6 Å². The first-order chi connectivity index (χ1) is 15.0. The van der Waals surface area contributed by atoms with Gasteiger partial charge in [0.15, 0.2) is 5.43 Å². The summed E-state index contributed by atoms with van der Waals surface area (Å²) in [5.74, 6) is -1.71. The zero-order valence-corrected chi connectivity index (χ0v) is 16.9. The molecule has 0 atom stereocenters. The van der Waals surface area contributed by atoms with Gasteiger partial charge in [0.05, 0.1) is 16.1 Å². The van der Waals surface area contributed by atoms with Crippen LogP contribution in [0.1, 0.15) is 26.4 Å². The number of hydrogen-bond donors (Lipinski definition) is 3. The van der Waals surface area contributed by atoms with Crippen LogP contribution in [0.25, 0.3) is 22.0 Å². The lowest BCUT2D eigenvalue weighted by Gasteiger charge is -2.14. The number of carbonyl (C=O) groups is 2. The first-order valence-corrected chi connectivity index (χ1v) is 9.84. The topological polar surface area (TPSA) is 99.3 Å². The number of nitrogens with one attached hydrogen (secondary N) is 2. The van der Waals surface area contributed by atoms with Gasteiger partial charge in [-0.2, -0.15) is 0 Å². The minimum atomic E-state index is -1.30. The smallest absolute Gasteiger partial charge is 0.352 e. The number of amides is 1. The Kier molecular flexibility index (Phi) is 5.56. The third-order valence-electron chi connectivity index (χ3n) is 4.96. The maximum absolute atomic E-state index is 13.2. The van der Waals surface area contributed by atoms with Crippen molar-refractivity contribution < 1.29 is 14.7 Å². The predicted molar refractivity (Wildman–Crippen MR) is 120 cm³/mol. The van der Waals surface area contributed by atoms with Gasteiger partial charge in [-0.25, -0.2) is 4.79 Å². The van der Waals surface area contributed by atoms with Crippen LogP contribution in [0, 0.1) is 0 Å². The standard InChI is InChI=1S/C24H17ClN2O4/c25-18-12-11-16-20(19(18)14-7-3-1-4-8-14)27-21(24(30)31)17(22(16)28)13-26-23(29)15-9-5-2-6-10-15/h1-12H,13H2,(H,26,29)(H,27,28)(H,30,31). The molecule has 0 aliphatic heterocycles. The monoisotopic (exact) mass is 432 g/mol. The van der Waals surface area contributed by atoms with E-state index in [0.717, 1.165) is 5.56 Å². The molecule has 6 nitrogen and oxygen atoms in total.